The Morgan fingerprint density at radius 1 is 1.25 bits per heavy atom. The number of amides is 2. The van der Waals surface area contributed by atoms with Gasteiger partial charge in [-0.15, -0.1) is 0 Å². The third kappa shape index (κ3) is 2.31. The van der Waals surface area contributed by atoms with E-state index in [0.717, 1.165) is 12.8 Å². The first-order valence-electron chi connectivity index (χ1n) is 6.10. The van der Waals surface area contributed by atoms with Crippen LogP contribution in [0.25, 0.3) is 0 Å². The third-order valence-electron chi connectivity index (χ3n) is 3.55. The van der Waals surface area contributed by atoms with Gasteiger partial charge in [0.2, 0.25) is 0 Å². The van der Waals surface area contributed by atoms with Crippen molar-refractivity contribution in [3.8, 4) is 0 Å². The lowest BCUT2D eigenvalue weighted by Gasteiger charge is -2.33. The highest BCUT2D eigenvalue weighted by molar-refractivity contribution is 5.75. The van der Waals surface area contributed by atoms with Gasteiger partial charge < -0.3 is 9.80 Å². The molecule has 2 aliphatic rings. The lowest BCUT2D eigenvalue weighted by molar-refractivity contribution is 0.143. The molecule has 4 nitrogen and oxygen atoms in total. The van der Waals surface area contributed by atoms with Crippen molar-refractivity contribution in [2.24, 2.45) is 0 Å². The normalized spacial score (nSPS) is 21.6. The standard InChI is InChI=1S/C12H21N3O/c1-13-8-9-15(10-13)12(16)14(2)11-6-4-3-5-7-11/h8-9,11H,3-7,10H2,1-2H3. The lowest BCUT2D eigenvalue weighted by Crippen LogP contribution is -2.45. The molecule has 0 N–H and O–H groups in total. The molecule has 4 heteroatoms. The summed E-state index contributed by atoms with van der Waals surface area (Å²) in [6.07, 6.45) is 9.97. The molecule has 0 aromatic heterocycles. The van der Waals surface area contributed by atoms with Gasteiger partial charge >= 0.3 is 6.03 Å². The molecule has 0 atom stereocenters. The summed E-state index contributed by atoms with van der Waals surface area (Å²) in [6.45, 7) is 0.676. The van der Waals surface area contributed by atoms with Crippen LogP contribution in [0.5, 0.6) is 0 Å². The van der Waals surface area contributed by atoms with Crippen molar-refractivity contribution in [2.45, 2.75) is 38.1 Å². The molecule has 1 aliphatic carbocycles. The van der Waals surface area contributed by atoms with Crippen molar-refractivity contribution in [3.63, 3.8) is 0 Å². The fraction of sp³-hybridized carbons (Fsp3) is 0.750. The van der Waals surface area contributed by atoms with Crippen molar-refractivity contribution in [2.75, 3.05) is 20.8 Å². The van der Waals surface area contributed by atoms with Gasteiger partial charge in [0.15, 0.2) is 0 Å². The van der Waals surface area contributed by atoms with E-state index in [-0.39, 0.29) is 6.03 Å². The average molecular weight is 223 g/mol. The molecule has 0 unspecified atom stereocenters. The summed E-state index contributed by atoms with van der Waals surface area (Å²) >= 11 is 0. The second-order valence-electron chi connectivity index (χ2n) is 4.85. The Bertz CT molecular complexity index is 284. The number of hydrogen-bond donors (Lipinski definition) is 0. The van der Waals surface area contributed by atoms with E-state index in [1.807, 2.05) is 36.3 Å². The summed E-state index contributed by atoms with van der Waals surface area (Å²) in [6, 6.07) is 0.577. The molecule has 16 heavy (non-hydrogen) atoms. The molecule has 0 aromatic carbocycles. The van der Waals surface area contributed by atoms with Gasteiger partial charge in [-0.3, -0.25) is 4.90 Å². The summed E-state index contributed by atoms with van der Waals surface area (Å²) < 4.78 is 0. The van der Waals surface area contributed by atoms with Crippen molar-refractivity contribution in [1.82, 2.24) is 14.7 Å². The molecule has 2 rings (SSSR count). The van der Waals surface area contributed by atoms with Gasteiger partial charge in [0.1, 0.15) is 0 Å². The van der Waals surface area contributed by atoms with Gasteiger partial charge in [-0.2, -0.15) is 0 Å². The molecule has 1 heterocycles. The summed E-state index contributed by atoms with van der Waals surface area (Å²) in [5.41, 5.74) is 0. The van der Waals surface area contributed by atoms with Gasteiger partial charge in [-0.05, 0) is 12.8 Å². The van der Waals surface area contributed by atoms with Crippen LogP contribution in [0.4, 0.5) is 4.79 Å². The summed E-state index contributed by atoms with van der Waals surface area (Å²) in [4.78, 5) is 17.9. The van der Waals surface area contributed by atoms with Gasteiger partial charge in [-0.1, -0.05) is 19.3 Å². The maximum absolute atomic E-state index is 12.2. The Morgan fingerprint density at radius 3 is 2.50 bits per heavy atom. The summed E-state index contributed by atoms with van der Waals surface area (Å²) in [5, 5.41) is 0. The zero-order chi connectivity index (χ0) is 11.5. The first-order chi connectivity index (χ1) is 7.68. The number of carbonyl (C=O) groups is 1. The number of urea groups is 1. The largest absolute Gasteiger partial charge is 0.361 e. The molecular formula is C12H21N3O. The highest BCUT2D eigenvalue weighted by Gasteiger charge is 2.26. The Hall–Kier alpha value is -1.19. The molecule has 1 aliphatic heterocycles. The van der Waals surface area contributed by atoms with Crippen LogP contribution in [0.15, 0.2) is 12.4 Å². The minimum Gasteiger partial charge on any atom is -0.361 e. The number of carbonyl (C=O) groups excluding carboxylic acids is 1. The van der Waals surface area contributed by atoms with Gasteiger partial charge in [0.05, 0.1) is 6.67 Å². The SMILES string of the molecule is CN1C=CN(C(=O)N(C)C2CCCCC2)C1. The van der Waals surface area contributed by atoms with Gasteiger partial charge in [0, 0.05) is 32.5 Å². The molecule has 1 fully saturated rings. The second kappa shape index (κ2) is 4.76. The smallest absolute Gasteiger partial charge is 0.325 e. The van der Waals surface area contributed by atoms with E-state index in [2.05, 4.69) is 0 Å². The zero-order valence-electron chi connectivity index (χ0n) is 10.2. The first kappa shape index (κ1) is 11.3. The van der Waals surface area contributed by atoms with Crippen LogP contribution in [0.2, 0.25) is 0 Å². The van der Waals surface area contributed by atoms with Crippen molar-refractivity contribution in [3.05, 3.63) is 12.4 Å². The fourth-order valence-corrected chi connectivity index (χ4v) is 2.48. The van der Waals surface area contributed by atoms with Crippen LogP contribution in [0, 0.1) is 0 Å². The minimum atomic E-state index is 0.132. The minimum absolute atomic E-state index is 0.132. The van der Waals surface area contributed by atoms with Crippen LogP contribution in [0.3, 0.4) is 0 Å². The first-order valence-corrected chi connectivity index (χ1v) is 6.10. The highest BCUT2D eigenvalue weighted by Crippen LogP contribution is 2.22. The maximum atomic E-state index is 12.2. The Kier molecular flexibility index (Phi) is 3.36. The maximum Gasteiger partial charge on any atom is 0.325 e. The van der Waals surface area contributed by atoms with E-state index in [0.29, 0.717) is 12.7 Å². The van der Waals surface area contributed by atoms with E-state index >= 15 is 0 Å². The van der Waals surface area contributed by atoms with E-state index in [4.69, 9.17) is 0 Å². The van der Waals surface area contributed by atoms with Gasteiger partial charge in [-0.25, -0.2) is 4.79 Å². The Balaban J connectivity index is 1.91. The average Bonchev–Trinajstić information content (AvgIpc) is 2.75. The molecular weight excluding hydrogens is 202 g/mol. The van der Waals surface area contributed by atoms with E-state index < -0.39 is 0 Å². The summed E-state index contributed by atoms with van der Waals surface area (Å²) in [5.74, 6) is 0. The van der Waals surface area contributed by atoms with Crippen LogP contribution in [0.1, 0.15) is 32.1 Å². The highest BCUT2D eigenvalue weighted by atomic mass is 16.2. The second-order valence-corrected chi connectivity index (χ2v) is 4.85. The van der Waals surface area contributed by atoms with Crippen LogP contribution < -0.4 is 0 Å². The zero-order valence-corrected chi connectivity index (χ0v) is 10.2. The lowest BCUT2D eigenvalue weighted by atomic mass is 9.95. The predicted molar refractivity (Wildman–Crippen MR) is 63.6 cm³/mol. The molecule has 0 radical (unpaired) electrons. The Morgan fingerprint density at radius 2 is 1.94 bits per heavy atom. The molecule has 0 spiro atoms. The molecule has 0 saturated heterocycles. The Labute approximate surface area is 97.5 Å². The van der Waals surface area contributed by atoms with E-state index in [9.17, 15) is 4.79 Å². The topological polar surface area (TPSA) is 26.8 Å². The number of nitrogens with zero attached hydrogens (tertiary/aromatic N) is 3. The van der Waals surface area contributed by atoms with Crippen molar-refractivity contribution >= 4 is 6.03 Å². The number of rotatable bonds is 1. The fourth-order valence-electron chi connectivity index (χ4n) is 2.48. The third-order valence-corrected chi connectivity index (χ3v) is 3.55. The van der Waals surface area contributed by atoms with Crippen molar-refractivity contribution in [1.29, 1.82) is 0 Å². The molecule has 2 amide bonds. The van der Waals surface area contributed by atoms with E-state index in [1.54, 1.807) is 4.90 Å². The van der Waals surface area contributed by atoms with Crippen molar-refractivity contribution < 1.29 is 4.79 Å². The van der Waals surface area contributed by atoms with Crippen LogP contribution in [-0.2, 0) is 0 Å². The van der Waals surface area contributed by atoms with Gasteiger partial charge in [0.25, 0.3) is 0 Å². The molecule has 1 saturated carbocycles. The van der Waals surface area contributed by atoms with Crippen LogP contribution in [-0.4, -0.2) is 47.5 Å². The molecule has 0 aromatic rings. The monoisotopic (exact) mass is 223 g/mol. The van der Waals surface area contributed by atoms with E-state index in [1.165, 1.54) is 19.3 Å². The molecule has 0 bridgehead atoms. The summed E-state index contributed by atoms with van der Waals surface area (Å²) in [7, 11) is 3.91. The van der Waals surface area contributed by atoms with Crippen LogP contribution >= 0.6 is 0 Å². The molecule has 90 valence electrons. The number of hydrogen-bond acceptors (Lipinski definition) is 2. The quantitative estimate of drug-likeness (QED) is 0.680. The predicted octanol–water partition coefficient (Wildman–Crippen LogP) is 2.05.